The predicted molar refractivity (Wildman–Crippen MR) is 54.8 cm³/mol. The SMILES string of the molecule is NC(=O)c1cc2cccc(O)c2[nH]c1=O. The molecular formula is C10H8N2O3. The molecule has 0 bridgehead atoms. The third-order valence-corrected chi connectivity index (χ3v) is 2.12. The summed E-state index contributed by atoms with van der Waals surface area (Å²) in [6.45, 7) is 0. The van der Waals surface area contributed by atoms with Gasteiger partial charge in [0.2, 0.25) is 0 Å². The van der Waals surface area contributed by atoms with E-state index in [-0.39, 0.29) is 11.3 Å². The van der Waals surface area contributed by atoms with Gasteiger partial charge in [0.15, 0.2) is 0 Å². The summed E-state index contributed by atoms with van der Waals surface area (Å²) < 4.78 is 0. The highest BCUT2D eigenvalue weighted by Crippen LogP contribution is 2.20. The number of phenolic OH excluding ortho intramolecular Hbond substituents is 1. The van der Waals surface area contributed by atoms with Gasteiger partial charge in [0.05, 0.1) is 5.52 Å². The summed E-state index contributed by atoms with van der Waals surface area (Å²) >= 11 is 0. The van der Waals surface area contributed by atoms with Crippen LogP contribution >= 0.6 is 0 Å². The lowest BCUT2D eigenvalue weighted by atomic mass is 10.1. The van der Waals surface area contributed by atoms with Gasteiger partial charge >= 0.3 is 0 Å². The molecule has 4 N–H and O–H groups in total. The molecule has 76 valence electrons. The molecule has 0 aliphatic heterocycles. The van der Waals surface area contributed by atoms with E-state index < -0.39 is 11.5 Å². The van der Waals surface area contributed by atoms with Crippen molar-refractivity contribution in [2.24, 2.45) is 5.73 Å². The third kappa shape index (κ3) is 1.43. The number of benzene rings is 1. The molecular weight excluding hydrogens is 196 g/mol. The summed E-state index contributed by atoms with van der Waals surface area (Å²) in [7, 11) is 0. The molecule has 0 saturated heterocycles. The molecule has 5 heteroatoms. The van der Waals surface area contributed by atoms with Crippen molar-refractivity contribution in [2.75, 3.05) is 0 Å². The van der Waals surface area contributed by atoms with E-state index in [2.05, 4.69) is 4.98 Å². The Morgan fingerprint density at radius 1 is 1.40 bits per heavy atom. The topological polar surface area (TPSA) is 96.2 Å². The number of pyridine rings is 1. The fourth-order valence-corrected chi connectivity index (χ4v) is 1.40. The molecule has 0 spiro atoms. The van der Waals surface area contributed by atoms with Crippen molar-refractivity contribution in [1.82, 2.24) is 4.98 Å². The van der Waals surface area contributed by atoms with E-state index in [1.54, 1.807) is 12.1 Å². The van der Waals surface area contributed by atoms with Crippen LogP contribution in [0.5, 0.6) is 5.75 Å². The Labute approximate surface area is 84.2 Å². The largest absolute Gasteiger partial charge is 0.506 e. The van der Waals surface area contributed by atoms with E-state index in [1.165, 1.54) is 12.1 Å². The van der Waals surface area contributed by atoms with Gasteiger partial charge in [-0.25, -0.2) is 0 Å². The molecule has 0 unspecified atom stereocenters. The summed E-state index contributed by atoms with van der Waals surface area (Å²) in [6, 6.07) is 6.08. The second-order valence-corrected chi connectivity index (χ2v) is 3.12. The highest BCUT2D eigenvalue weighted by Gasteiger charge is 2.09. The molecule has 5 nitrogen and oxygen atoms in total. The first-order chi connectivity index (χ1) is 7.09. The molecule has 15 heavy (non-hydrogen) atoms. The second-order valence-electron chi connectivity index (χ2n) is 3.12. The minimum Gasteiger partial charge on any atom is -0.506 e. The van der Waals surface area contributed by atoms with Crippen LogP contribution in [0.4, 0.5) is 0 Å². The van der Waals surface area contributed by atoms with Crippen LogP contribution in [0.25, 0.3) is 10.9 Å². The molecule has 1 aromatic heterocycles. The molecule has 0 atom stereocenters. The zero-order valence-corrected chi connectivity index (χ0v) is 7.65. The molecule has 1 aromatic carbocycles. The summed E-state index contributed by atoms with van der Waals surface area (Å²) in [5.74, 6) is -0.831. The number of carbonyl (C=O) groups excluding carboxylic acids is 1. The average Bonchev–Trinajstić information content (AvgIpc) is 2.18. The summed E-state index contributed by atoms with van der Waals surface area (Å²) in [5.41, 5.74) is 4.60. The molecule has 2 aromatic rings. The number of nitrogens with two attached hydrogens (primary N) is 1. The Balaban J connectivity index is 2.88. The minimum atomic E-state index is -0.790. The van der Waals surface area contributed by atoms with E-state index in [4.69, 9.17) is 5.73 Å². The van der Waals surface area contributed by atoms with Crippen molar-refractivity contribution in [1.29, 1.82) is 0 Å². The van der Waals surface area contributed by atoms with Crippen LogP contribution in [0.1, 0.15) is 10.4 Å². The quantitative estimate of drug-likeness (QED) is 0.624. The Hall–Kier alpha value is -2.30. The lowest BCUT2D eigenvalue weighted by Gasteiger charge is -2.01. The average molecular weight is 204 g/mol. The van der Waals surface area contributed by atoms with Crippen molar-refractivity contribution in [2.45, 2.75) is 0 Å². The van der Waals surface area contributed by atoms with Crippen LogP contribution in [0.15, 0.2) is 29.1 Å². The summed E-state index contributed by atoms with van der Waals surface area (Å²) in [4.78, 5) is 24.7. The number of rotatable bonds is 1. The smallest absolute Gasteiger partial charge is 0.261 e. The van der Waals surface area contributed by atoms with E-state index in [0.717, 1.165) is 0 Å². The van der Waals surface area contributed by atoms with Crippen molar-refractivity contribution in [3.05, 3.63) is 40.2 Å². The lowest BCUT2D eigenvalue weighted by molar-refractivity contribution is 0.0999. The number of amides is 1. The van der Waals surface area contributed by atoms with Gasteiger partial charge in [0.25, 0.3) is 11.5 Å². The van der Waals surface area contributed by atoms with Gasteiger partial charge in [0.1, 0.15) is 11.3 Å². The maximum atomic E-state index is 11.4. The lowest BCUT2D eigenvalue weighted by Crippen LogP contribution is -2.23. The maximum Gasteiger partial charge on any atom is 0.261 e. The molecule has 1 amide bonds. The number of H-pyrrole nitrogens is 1. The fourth-order valence-electron chi connectivity index (χ4n) is 1.40. The van der Waals surface area contributed by atoms with Gasteiger partial charge in [-0.2, -0.15) is 0 Å². The van der Waals surface area contributed by atoms with E-state index in [1.807, 2.05) is 0 Å². The minimum absolute atomic E-state index is 0.0411. The predicted octanol–water partition coefficient (Wildman–Crippen LogP) is 0.333. The van der Waals surface area contributed by atoms with Crippen LogP contribution < -0.4 is 11.3 Å². The van der Waals surface area contributed by atoms with E-state index in [0.29, 0.717) is 10.9 Å². The maximum absolute atomic E-state index is 11.4. The Morgan fingerprint density at radius 2 is 2.13 bits per heavy atom. The van der Waals surface area contributed by atoms with Crippen molar-refractivity contribution < 1.29 is 9.90 Å². The fraction of sp³-hybridized carbons (Fsp3) is 0. The standard InChI is InChI=1S/C10H8N2O3/c11-9(14)6-4-5-2-1-3-7(13)8(5)12-10(6)15/h1-4,13H,(H2,11,14)(H,12,15). The zero-order valence-electron chi connectivity index (χ0n) is 7.65. The van der Waals surface area contributed by atoms with Crippen LogP contribution in [-0.4, -0.2) is 16.0 Å². The monoisotopic (exact) mass is 204 g/mol. The number of nitrogens with one attached hydrogen (secondary N) is 1. The van der Waals surface area contributed by atoms with Gasteiger partial charge in [-0.1, -0.05) is 12.1 Å². The highest BCUT2D eigenvalue weighted by atomic mass is 16.3. The van der Waals surface area contributed by atoms with Gasteiger partial charge < -0.3 is 15.8 Å². The molecule has 0 radical (unpaired) electrons. The third-order valence-electron chi connectivity index (χ3n) is 2.12. The van der Waals surface area contributed by atoms with Crippen molar-refractivity contribution >= 4 is 16.8 Å². The van der Waals surface area contributed by atoms with E-state index in [9.17, 15) is 14.7 Å². The van der Waals surface area contributed by atoms with Gasteiger partial charge in [-0.15, -0.1) is 0 Å². The van der Waals surface area contributed by atoms with Crippen LogP contribution in [0.3, 0.4) is 0 Å². The molecule has 1 heterocycles. The number of hydrogen-bond acceptors (Lipinski definition) is 3. The summed E-state index contributed by atoms with van der Waals surface area (Å²) in [5, 5.41) is 10.00. The number of carbonyl (C=O) groups is 1. The Morgan fingerprint density at radius 3 is 2.80 bits per heavy atom. The molecule has 0 fully saturated rings. The van der Waals surface area contributed by atoms with Crippen molar-refractivity contribution in [3.63, 3.8) is 0 Å². The zero-order chi connectivity index (χ0) is 11.0. The highest BCUT2D eigenvalue weighted by molar-refractivity contribution is 5.96. The Bertz CT molecular complexity index is 601. The van der Waals surface area contributed by atoms with Crippen LogP contribution in [0, 0.1) is 0 Å². The first-order valence-electron chi connectivity index (χ1n) is 4.24. The Kier molecular flexibility index (Phi) is 1.93. The van der Waals surface area contributed by atoms with Gasteiger partial charge in [-0.05, 0) is 12.1 Å². The molecule has 0 saturated carbocycles. The first-order valence-corrected chi connectivity index (χ1v) is 4.24. The molecule has 0 aliphatic rings. The second kappa shape index (κ2) is 3.13. The number of primary amides is 1. The van der Waals surface area contributed by atoms with Crippen LogP contribution in [-0.2, 0) is 0 Å². The number of phenols is 1. The number of aromatic hydroxyl groups is 1. The van der Waals surface area contributed by atoms with Crippen molar-refractivity contribution in [3.8, 4) is 5.75 Å². The molecule has 2 rings (SSSR count). The normalized spacial score (nSPS) is 10.4. The van der Waals surface area contributed by atoms with E-state index >= 15 is 0 Å². The van der Waals surface area contributed by atoms with Crippen LogP contribution in [0.2, 0.25) is 0 Å². The number of para-hydroxylation sites is 1. The first kappa shape index (κ1) is 9.26. The van der Waals surface area contributed by atoms with Gasteiger partial charge in [-0.3, -0.25) is 9.59 Å². The number of aromatic amines is 1. The summed E-state index contributed by atoms with van der Waals surface area (Å²) in [6.07, 6.45) is 0. The van der Waals surface area contributed by atoms with Gasteiger partial charge in [0, 0.05) is 5.39 Å². The number of hydrogen-bond donors (Lipinski definition) is 3. The number of fused-ring (bicyclic) bond motifs is 1. The molecule has 0 aliphatic carbocycles. The number of aromatic nitrogens is 1.